The standard InChI is InChI=1S/C18H16N4O5S4.K/c19-10(9-2-1-4-28-9)13(23)21-11-15(24)22-12(17(25)26)8(6-30-16(11)22)7-31-18(27)14-20-3-5-29-14;/h1-5,10-11,16H,6-7,19H2,(H,21,23)(H,25,26);/q;+1/p-1/t10?,11?,16-;/m0./s1. The van der Waals surface area contributed by atoms with E-state index in [1.165, 1.54) is 40.6 Å². The number of hydrogen-bond acceptors (Lipinski definition) is 11. The number of carbonyl (C=O) groups is 4. The fourth-order valence-corrected chi connectivity index (χ4v) is 6.87. The molecule has 3 atom stereocenters. The Kier molecular flexibility index (Phi) is 9.16. The largest absolute Gasteiger partial charge is 1.00 e. The van der Waals surface area contributed by atoms with Gasteiger partial charge in [-0.3, -0.25) is 19.3 Å². The topological polar surface area (TPSA) is 146 Å². The van der Waals surface area contributed by atoms with Crippen LogP contribution in [0.5, 0.6) is 0 Å². The van der Waals surface area contributed by atoms with Crippen molar-refractivity contribution in [2.45, 2.75) is 17.5 Å². The zero-order valence-corrected chi connectivity index (χ0v) is 23.1. The SMILES string of the molecule is NC(C(=O)NC1C(=O)N2C(C(=O)[O-])=C(CSC(=O)c3nccs3)CS[C@@H]12)c1cccs1.[K+]. The average Bonchev–Trinajstić information content (AvgIpc) is 3.48. The molecule has 162 valence electrons. The van der Waals surface area contributed by atoms with Gasteiger partial charge < -0.3 is 21.0 Å². The second kappa shape index (κ2) is 11.2. The number of carbonyl (C=O) groups excluding carboxylic acids is 4. The van der Waals surface area contributed by atoms with Crippen LogP contribution in [0.4, 0.5) is 0 Å². The summed E-state index contributed by atoms with van der Waals surface area (Å²) < 4.78 is 0. The normalized spacial score (nSPS) is 20.7. The molecule has 2 aromatic rings. The molecule has 3 N–H and O–H groups in total. The molecule has 0 aliphatic carbocycles. The number of fused-ring (bicyclic) bond motifs is 1. The molecule has 4 heterocycles. The monoisotopic (exact) mass is 534 g/mol. The summed E-state index contributed by atoms with van der Waals surface area (Å²) in [6.07, 6.45) is 1.52. The number of nitrogens with zero attached hydrogens (tertiary/aromatic N) is 2. The number of amides is 2. The van der Waals surface area contributed by atoms with Gasteiger partial charge in [0.15, 0.2) is 5.01 Å². The smallest absolute Gasteiger partial charge is 0.543 e. The number of thiazole rings is 1. The number of carboxylic acids is 1. The van der Waals surface area contributed by atoms with Crippen molar-refractivity contribution < 1.29 is 75.7 Å². The van der Waals surface area contributed by atoms with Gasteiger partial charge in [0.05, 0.1) is 11.7 Å². The van der Waals surface area contributed by atoms with E-state index in [2.05, 4.69) is 10.3 Å². The molecule has 9 nitrogen and oxygen atoms in total. The third-order valence-electron chi connectivity index (χ3n) is 4.65. The molecule has 0 bridgehead atoms. The van der Waals surface area contributed by atoms with E-state index in [1.54, 1.807) is 22.9 Å². The van der Waals surface area contributed by atoms with Crippen LogP contribution in [0, 0.1) is 0 Å². The Morgan fingerprint density at radius 3 is 2.75 bits per heavy atom. The Morgan fingerprint density at radius 1 is 1.34 bits per heavy atom. The van der Waals surface area contributed by atoms with Crippen molar-refractivity contribution in [3.63, 3.8) is 0 Å². The molecule has 0 aromatic carbocycles. The van der Waals surface area contributed by atoms with Crippen molar-refractivity contribution in [2.24, 2.45) is 5.73 Å². The minimum absolute atomic E-state index is 0. The zero-order valence-electron chi connectivity index (χ0n) is 16.7. The summed E-state index contributed by atoms with van der Waals surface area (Å²) in [4.78, 5) is 54.8. The number of rotatable bonds is 7. The van der Waals surface area contributed by atoms with Gasteiger partial charge in [0.2, 0.25) is 11.0 Å². The Balaban J connectivity index is 0.00000289. The van der Waals surface area contributed by atoms with Crippen LogP contribution in [0.1, 0.15) is 20.7 Å². The van der Waals surface area contributed by atoms with Gasteiger partial charge in [-0.15, -0.1) is 34.4 Å². The van der Waals surface area contributed by atoms with Gasteiger partial charge in [0, 0.05) is 28.0 Å². The van der Waals surface area contributed by atoms with Crippen LogP contribution in [-0.4, -0.2) is 55.7 Å². The molecule has 0 radical (unpaired) electrons. The maximum absolute atomic E-state index is 12.7. The van der Waals surface area contributed by atoms with Crippen LogP contribution in [0.3, 0.4) is 0 Å². The first-order valence-electron chi connectivity index (χ1n) is 8.92. The van der Waals surface area contributed by atoms with Crippen LogP contribution < -0.4 is 67.5 Å². The fourth-order valence-electron chi connectivity index (χ4n) is 3.16. The van der Waals surface area contributed by atoms with E-state index in [0.29, 0.717) is 21.2 Å². The van der Waals surface area contributed by atoms with E-state index < -0.39 is 35.2 Å². The molecule has 0 saturated carbocycles. The van der Waals surface area contributed by atoms with Gasteiger partial charge in [0.25, 0.3) is 5.91 Å². The summed E-state index contributed by atoms with van der Waals surface area (Å²) in [5.41, 5.74) is 6.13. The van der Waals surface area contributed by atoms with Gasteiger partial charge in [-0.05, 0) is 17.0 Å². The summed E-state index contributed by atoms with van der Waals surface area (Å²) >= 11 is 4.78. The van der Waals surface area contributed by atoms with Gasteiger partial charge in [-0.1, -0.05) is 17.8 Å². The third-order valence-corrected chi connectivity index (χ3v) is 8.80. The number of nitrogens with two attached hydrogens (primary N) is 1. The predicted molar refractivity (Wildman–Crippen MR) is 117 cm³/mol. The Labute approximate surface area is 242 Å². The van der Waals surface area contributed by atoms with Crippen LogP contribution >= 0.6 is 46.2 Å². The third kappa shape index (κ3) is 5.24. The number of carboxylic acid groups (broad SMARTS) is 1. The molecule has 4 rings (SSSR count). The second-order valence-corrected chi connectivity index (χ2v) is 10.5. The van der Waals surface area contributed by atoms with Crippen LogP contribution in [0.2, 0.25) is 0 Å². The number of aromatic nitrogens is 1. The first-order valence-corrected chi connectivity index (χ1v) is 12.7. The molecule has 2 aromatic heterocycles. The summed E-state index contributed by atoms with van der Waals surface area (Å²) in [6, 6.07) is 1.72. The van der Waals surface area contributed by atoms with E-state index in [-0.39, 0.29) is 67.9 Å². The molecule has 2 aliphatic heterocycles. The van der Waals surface area contributed by atoms with E-state index >= 15 is 0 Å². The molecule has 2 unspecified atom stereocenters. The summed E-state index contributed by atoms with van der Waals surface area (Å²) in [5, 5.41) is 17.4. The number of β-lactam (4-membered cyclic amide) rings is 1. The number of nitrogens with one attached hydrogen (secondary N) is 1. The van der Waals surface area contributed by atoms with E-state index in [4.69, 9.17) is 5.73 Å². The molecule has 2 amide bonds. The Hall–Kier alpha value is -0.554. The van der Waals surface area contributed by atoms with Gasteiger partial charge in [-0.2, -0.15) is 0 Å². The van der Waals surface area contributed by atoms with Crippen LogP contribution in [-0.2, 0) is 14.4 Å². The van der Waals surface area contributed by atoms with Crippen molar-refractivity contribution in [1.29, 1.82) is 0 Å². The van der Waals surface area contributed by atoms with Crippen molar-refractivity contribution in [1.82, 2.24) is 15.2 Å². The Bertz CT molecular complexity index is 1060. The maximum Gasteiger partial charge on any atom is 1.00 e. The molecule has 2 aliphatic rings. The quantitative estimate of drug-likeness (QED) is 0.284. The number of thioether (sulfide) groups is 2. The van der Waals surface area contributed by atoms with E-state index in [9.17, 15) is 24.3 Å². The number of hydrogen-bond donors (Lipinski definition) is 2. The van der Waals surface area contributed by atoms with E-state index in [1.807, 2.05) is 0 Å². The van der Waals surface area contributed by atoms with Crippen molar-refractivity contribution >= 4 is 69.1 Å². The summed E-state index contributed by atoms with van der Waals surface area (Å²) in [6.45, 7) is 0. The first-order chi connectivity index (χ1) is 14.9. The van der Waals surface area contributed by atoms with Crippen LogP contribution in [0.15, 0.2) is 40.4 Å². The molecule has 14 heteroatoms. The number of thiophene rings is 1. The van der Waals surface area contributed by atoms with Gasteiger partial charge >= 0.3 is 51.4 Å². The molecule has 0 spiro atoms. The molecular formula is C18H15KN4O5S4. The van der Waals surface area contributed by atoms with Crippen molar-refractivity contribution in [3.8, 4) is 0 Å². The van der Waals surface area contributed by atoms with Crippen molar-refractivity contribution in [2.75, 3.05) is 11.5 Å². The van der Waals surface area contributed by atoms with Crippen LogP contribution in [0.25, 0.3) is 0 Å². The minimum Gasteiger partial charge on any atom is -0.543 e. The zero-order chi connectivity index (χ0) is 22.1. The molecular weight excluding hydrogens is 520 g/mol. The average molecular weight is 535 g/mol. The summed E-state index contributed by atoms with van der Waals surface area (Å²) in [5.74, 6) is -2.14. The van der Waals surface area contributed by atoms with E-state index in [0.717, 1.165) is 16.7 Å². The fraction of sp³-hybridized carbons (Fsp3) is 0.278. The number of aliphatic carboxylic acids is 1. The minimum atomic E-state index is -1.49. The molecule has 32 heavy (non-hydrogen) atoms. The second-order valence-electron chi connectivity index (χ2n) is 6.54. The maximum atomic E-state index is 12.7. The first kappa shape index (κ1) is 26.1. The molecule has 1 saturated heterocycles. The molecule has 1 fully saturated rings. The van der Waals surface area contributed by atoms with Gasteiger partial charge in [-0.25, -0.2) is 4.98 Å². The van der Waals surface area contributed by atoms with Crippen molar-refractivity contribution in [3.05, 3.63) is 50.2 Å². The van der Waals surface area contributed by atoms with Gasteiger partial charge in [0.1, 0.15) is 17.5 Å². The Morgan fingerprint density at radius 2 is 2.12 bits per heavy atom. The summed E-state index contributed by atoms with van der Waals surface area (Å²) in [7, 11) is 0. The predicted octanol–water partition coefficient (Wildman–Crippen LogP) is -2.81.